The lowest BCUT2D eigenvalue weighted by Gasteiger charge is -2.35. The van der Waals surface area contributed by atoms with Gasteiger partial charge < -0.3 is 5.11 Å². The van der Waals surface area contributed by atoms with E-state index < -0.39 is 11.5 Å². The predicted octanol–water partition coefficient (Wildman–Crippen LogP) is 3.14. The van der Waals surface area contributed by atoms with Gasteiger partial charge in [-0.25, -0.2) is 0 Å². The monoisotopic (exact) mass is 229 g/mol. The number of aliphatic carboxylic acids is 1. The molecule has 0 saturated carbocycles. The van der Waals surface area contributed by atoms with Gasteiger partial charge in [0.25, 0.3) is 0 Å². The number of likely N-dealkylation sites (N-methyl/N-ethyl adjacent to an activating group) is 1. The molecule has 0 rings (SSSR count). The normalized spacial score (nSPS) is 15.1. The van der Waals surface area contributed by atoms with Crippen LogP contribution in [-0.2, 0) is 4.79 Å². The first kappa shape index (κ1) is 15.4. The molecule has 96 valence electrons. The van der Waals surface area contributed by atoms with Crippen LogP contribution in [0.1, 0.15) is 59.3 Å². The van der Waals surface area contributed by atoms with Crippen LogP contribution in [-0.4, -0.2) is 35.1 Å². The molecule has 3 nitrogen and oxygen atoms in total. The lowest BCUT2D eigenvalue weighted by Crippen LogP contribution is -2.50. The van der Waals surface area contributed by atoms with E-state index >= 15 is 0 Å². The molecule has 0 aromatic rings. The lowest BCUT2D eigenvalue weighted by molar-refractivity contribution is -0.150. The van der Waals surface area contributed by atoms with Crippen molar-refractivity contribution >= 4 is 5.97 Å². The van der Waals surface area contributed by atoms with Crippen LogP contribution in [0, 0.1) is 0 Å². The Labute approximate surface area is 99.8 Å². The standard InChI is InChI=1S/C13H27NO2/c1-5-7-8-9-10-13(3,12(15)16)14(4)11-6-2/h5-11H2,1-4H3,(H,15,16). The van der Waals surface area contributed by atoms with E-state index in [1.165, 1.54) is 12.8 Å². The van der Waals surface area contributed by atoms with Crippen molar-refractivity contribution in [1.29, 1.82) is 0 Å². The zero-order valence-corrected chi connectivity index (χ0v) is 11.3. The molecule has 1 atom stereocenters. The van der Waals surface area contributed by atoms with Crippen LogP contribution in [0.15, 0.2) is 0 Å². The topological polar surface area (TPSA) is 40.5 Å². The van der Waals surface area contributed by atoms with Crippen molar-refractivity contribution in [2.24, 2.45) is 0 Å². The number of carboxylic acids is 1. The first-order valence-corrected chi connectivity index (χ1v) is 6.43. The van der Waals surface area contributed by atoms with Crippen molar-refractivity contribution in [2.45, 2.75) is 64.8 Å². The predicted molar refractivity (Wildman–Crippen MR) is 67.7 cm³/mol. The zero-order valence-electron chi connectivity index (χ0n) is 11.3. The minimum absolute atomic E-state index is 0.691. The quantitative estimate of drug-likeness (QED) is 0.617. The summed E-state index contributed by atoms with van der Waals surface area (Å²) < 4.78 is 0. The Bertz CT molecular complexity index is 206. The Morgan fingerprint density at radius 3 is 2.25 bits per heavy atom. The molecular formula is C13H27NO2. The van der Waals surface area contributed by atoms with Crippen LogP contribution in [0.25, 0.3) is 0 Å². The summed E-state index contributed by atoms with van der Waals surface area (Å²) in [6, 6.07) is 0. The van der Waals surface area contributed by atoms with Gasteiger partial charge in [-0.05, 0) is 33.4 Å². The molecule has 0 spiro atoms. The smallest absolute Gasteiger partial charge is 0.323 e. The van der Waals surface area contributed by atoms with Crippen LogP contribution in [0.3, 0.4) is 0 Å². The third-order valence-corrected chi connectivity index (χ3v) is 3.38. The second-order valence-corrected chi connectivity index (χ2v) is 4.81. The number of rotatable bonds is 9. The van der Waals surface area contributed by atoms with Crippen molar-refractivity contribution < 1.29 is 9.90 Å². The average molecular weight is 229 g/mol. The van der Waals surface area contributed by atoms with Crippen LogP contribution in [0.5, 0.6) is 0 Å². The molecule has 0 aromatic carbocycles. The summed E-state index contributed by atoms with van der Waals surface area (Å²) >= 11 is 0. The number of hydrogen-bond donors (Lipinski definition) is 1. The molecule has 0 aliphatic rings. The molecule has 0 heterocycles. The van der Waals surface area contributed by atoms with Crippen LogP contribution in [0.2, 0.25) is 0 Å². The highest BCUT2D eigenvalue weighted by Crippen LogP contribution is 2.22. The summed E-state index contributed by atoms with van der Waals surface area (Å²) in [6.07, 6.45) is 6.28. The first-order valence-electron chi connectivity index (χ1n) is 6.43. The maximum Gasteiger partial charge on any atom is 0.323 e. The number of hydrogen-bond acceptors (Lipinski definition) is 2. The van der Waals surface area contributed by atoms with Gasteiger partial charge in [-0.3, -0.25) is 9.69 Å². The third-order valence-electron chi connectivity index (χ3n) is 3.38. The SMILES string of the molecule is CCCCCCC(C)(C(=O)O)N(C)CCC. The molecule has 0 aliphatic heterocycles. The Kier molecular flexibility index (Phi) is 7.39. The molecule has 16 heavy (non-hydrogen) atoms. The maximum absolute atomic E-state index is 11.4. The minimum Gasteiger partial charge on any atom is -0.480 e. The van der Waals surface area contributed by atoms with Crippen molar-refractivity contribution in [3.63, 3.8) is 0 Å². The molecule has 0 radical (unpaired) electrons. The highest BCUT2D eigenvalue weighted by atomic mass is 16.4. The molecule has 3 heteroatoms. The molecule has 0 amide bonds. The summed E-state index contributed by atoms with van der Waals surface area (Å²) in [5, 5.41) is 9.34. The Morgan fingerprint density at radius 2 is 1.81 bits per heavy atom. The van der Waals surface area contributed by atoms with Gasteiger partial charge in [0.2, 0.25) is 0 Å². The van der Waals surface area contributed by atoms with Gasteiger partial charge in [0.15, 0.2) is 0 Å². The van der Waals surface area contributed by atoms with Gasteiger partial charge in [-0.2, -0.15) is 0 Å². The Morgan fingerprint density at radius 1 is 1.19 bits per heavy atom. The fraction of sp³-hybridized carbons (Fsp3) is 0.923. The van der Waals surface area contributed by atoms with E-state index in [4.69, 9.17) is 0 Å². The van der Waals surface area contributed by atoms with Gasteiger partial charge in [-0.1, -0.05) is 39.5 Å². The molecule has 0 aliphatic carbocycles. The number of carboxylic acid groups (broad SMARTS) is 1. The first-order chi connectivity index (χ1) is 7.49. The molecular weight excluding hydrogens is 202 g/mol. The van der Waals surface area contributed by atoms with E-state index in [1.54, 1.807) is 0 Å². The van der Waals surface area contributed by atoms with E-state index in [2.05, 4.69) is 13.8 Å². The molecule has 0 fully saturated rings. The minimum atomic E-state index is -0.694. The van der Waals surface area contributed by atoms with Crippen molar-refractivity contribution in [3.8, 4) is 0 Å². The summed E-state index contributed by atoms with van der Waals surface area (Å²) in [5.74, 6) is -0.694. The second-order valence-electron chi connectivity index (χ2n) is 4.81. The number of unbranched alkanes of at least 4 members (excludes halogenated alkanes) is 3. The molecule has 0 aromatic heterocycles. The van der Waals surface area contributed by atoms with Crippen LogP contribution < -0.4 is 0 Å². The van der Waals surface area contributed by atoms with E-state index in [0.29, 0.717) is 0 Å². The number of carbonyl (C=O) groups is 1. The largest absolute Gasteiger partial charge is 0.480 e. The lowest BCUT2D eigenvalue weighted by atomic mass is 9.92. The molecule has 0 bridgehead atoms. The van der Waals surface area contributed by atoms with Gasteiger partial charge in [0, 0.05) is 0 Å². The Balaban J connectivity index is 4.27. The van der Waals surface area contributed by atoms with E-state index in [1.807, 2.05) is 18.9 Å². The van der Waals surface area contributed by atoms with Crippen molar-refractivity contribution in [3.05, 3.63) is 0 Å². The fourth-order valence-corrected chi connectivity index (χ4v) is 1.94. The van der Waals surface area contributed by atoms with E-state index in [9.17, 15) is 9.90 Å². The zero-order chi connectivity index (χ0) is 12.6. The second kappa shape index (κ2) is 7.66. The maximum atomic E-state index is 11.4. The number of nitrogens with zero attached hydrogens (tertiary/aromatic N) is 1. The van der Waals surface area contributed by atoms with Crippen molar-refractivity contribution in [1.82, 2.24) is 4.90 Å². The Hall–Kier alpha value is -0.570. The van der Waals surface area contributed by atoms with Gasteiger partial charge >= 0.3 is 5.97 Å². The van der Waals surface area contributed by atoms with Gasteiger partial charge in [0.1, 0.15) is 5.54 Å². The van der Waals surface area contributed by atoms with E-state index in [0.717, 1.165) is 32.2 Å². The van der Waals surface area contributed by atoms with Gasteiger partial charge in [0.05, 0.1) is 0 Å². The van der Waals surface area contributed by atoms with Crippen LogP contribution >= 0.6 is 0 Å². The molecule has 0 saturated heterocycles. The summed E-state index contributed by atoms with van der Waals surface area (Å²) in [6.45, 7) is 6.93. The highest BCUT2D eigenvalue weighted by Gasteiger charge is 2.36. The van der Waals surface area contributed by atoms with E-state index in [-0.39, 0.29) is 0 Å². The molecule has 1 unspecified atom stereocenters. The molecule has 1 N–H and O–H groups in total. The summed E-state index contributed by atoms with van der Waals surface area (Å²) in [5.41, 5.74) is -0.691. The summed E-state index contributed by atoms with van der Waals surface area (Å²) in [7, 11) is 1.91. The van der Waals surface area contributed by atoms with Crippen molar-refractivity contribution in [2.75, 3.05) is 13.6 Å². The average Bonchev–Trinajstić information content (AvgIpc) is 2.24. The summed E-state index contributed by atoms with van der Waals surface area (Å²) in [4.78, 5) is 13.3. The highest BCUT2D eigenvalue weighted by molar-refractivity contribution is 5.78. The fourth-order valence-electron chi connectivity index (χ4n) is 1.94. The third kappa shape index (κ3) is 4.52. The van der Waals surface area contributed by atoms with Crippen LogP contribution in [0.4, 0.5) is 0 Å². The van der Waals surface area contributed by atoms with Gasteiger partial charge in [-0.15, -0.1) is 0 Å².